The highest BCUT2D eigenvalue weighted by Crippen LogP contribution is 2.18. The highest BCUT2D eigenvalue weighted by Gasteiger charge is 2.09. The van der Waals surface area contributed by atoms with Gasteiger partial charge in [-0.05, 0) is 59.5 Å². The molecule has 0 spiro atoms. The molecule has 2 heteroatoms. The number of hydrogen-bond acceptors (Lipinski definition) is 1. The lowest BCUT2D eigenvalue weighted by atomic mass is 10.1. The minimum Gasteiger partial charge on any atom is -0.289 e. The standard InChI is InChI=1S/C11H12IN/c1-8-4-5-9(7-10(8)12)11-3-2-6-13-11/h4-5,7H,2-3,6H2,1H3. The Labute approximate surface area is 92.4 Å². The van der Waals surface area contributed by atoms with E-state index in [1.54, 1.807) is 0 Å². The van der Waals surface area contributed by atoms with Gasteiger partial charge in [0.1, 0.15) is 0 Å². The molecule has 0 N–H and O–H groups in total. The van der Waals surface area contributed by atoms with Crippen molar-refractivity contribution in [3.05, 3.63) is 32.9 Å². The molecule has 0 aliphatic carbocycles. The zero-order valence-electron chi connectivity index (χ0n) is 7.68. The molecule has 0 radical (unpaired) electrons. The number of aliphatic imine (C=N–C) groups is 1. The first-order valence-electron chi connectivity index (χ1n) is 4.57. The van der Waals surface area contributed by atoms with Crippen LogP contribution in [0.5, 0.6) is 0 Å². The van der Waals surface area contributed by atoms with E-state index in [4.69, 9.17) is 0 Å². The van der Waals surface area contributed by atoms with Crippen molar-refractivity contribution in [1.29, 1.82) is 0 Å². The summed E-state index contributed by atoms with van der Waals surface area (Å²) in [6, 6.07) is 6.60. The number of nitrogens with zero attached hydrogens (tertiary/aromatic N) is 1. The Bertz CT molecular complexity index is 355. The molecule has 1 aliphatic rings. The zero-order valence-corrected chi connectivity index (χ0v) is 9.84. The van der Waals surface area contributed by atoms with Crippen LogP contribution >= 0.6 is 22.6 Å². The SMILES string of the molecule is Cc1ccc(C2=NCCC2)cc1I. The van der Waals surface area contributed by atoms with Gasteiger partial charge in [-0.25, -0.2) is 0 Å². The number of aryl methyl sites for hydroxylation is 1. The largest absolute Gasteiger partial charge is 0.289 e. The molecule has 1 aromatic rings. The molecule has 0 fully saturated rings. The molecular formula is C11H12IN. The molecule has 2 rings (SSSR count). The third-order valence-electron chi connectivity index (χ3n) is 2.38. The van der Waals surface area contributed by atoms with Crippen molar-refractivity contribution >= 4 is 28.3 Å². The Morgan fingerprint density at radius 2 is 2.23 bits per heavy atom. The van der Waals surface area contributed by atoms with E-state index >= 15 is 0 Å². The van der Waals surface area contributed by atoms with Gasteiger partial charge in [-0.15, -0.1) is 0 Å². The second-order valence-electron chi connectivity index (χ2n) is 3.40. The van der Waals surface area contributed by atoms with Crippen molar-refractivity contribution in [2.75, 3.05) is 6.54 Å². The fraction of sp³-hybridized carbons (Fsp3) is 0.364. The normalized spacial score (nSPS) is 16.0. The fourth-order valence-corrected chi connectivity index (χ4v) is 2.06. The first-order chi connectivity index (χ1) is 6.27. The fourth-order valence-electron chi connectivity index (χ4n) is 1.55. The second-order valence-corrected chi connectivity index (χ2v) is 4.56. The summed E-state index contributed by atoms with van der Waals surface area (Å²) < 4.78 is 1.34. The van der Waals surface area contributed by atoms with Gasteiger partial charge in [-0.1, -0.05) is 12.1 Å². The van der Waals surface area contributed by atoms with E-state index in [0.29, 0.717) is 0 Å². The van der Waals surface area contributed by atoms with E-state index in [1.807, 2.05) is 0 Å². The Morgan fingerprint density at radius 3 is 2.85 bits per heavy atom. The summed E-state index contributed by atoms with van der Waals surface area (Å²) in [4.78, 5) is 4.49. The summed E-state index contributed by atoms with van der Waals surface area (Å²) in [7, 11) is 0. The molecule has 1 aromatic carbocycles. The predicted molar refractivity (Wildman–Crippen MR) is 64.5 cm³/mol. The third-order valence-corrected chi connectivity index (χ3v) is 3.54. The second kappa shape index (κ2) is 3.78. The minimum absolute atomic E-state index is 1.01. The molecule has 0 bridgehead atoms. The van der Waals surface area contributed by atoms with Gasteiger partial charge in [-0.3, -0.25) is 4.99 Å². The van der Waals surface area contributed by atoms with Crippen LogP contribution in [0.15, 0.2) is 23.2 Å². The molecule has 13 heavy (non-hydrogen) atoms. The van der Waals surface area contributed by atoms with Gasteiger partial charge in [-0.2, -0.15) is 0 Å². The maximum Gasteiger partial charge on any atom is 0.0421 e. The highest BCUT2D eigenvalue weighted by molar-refractivity contribution is 14.1. The van der Waals surface area contributed by atoms with E-state index in [1.165, 1.54) is 26.8 Å². The average molecular weight is 285 g/mol. The van der Waals surface area contributed by atoms with Crippen molar-refractivity contribution in [3.63, 3.8) is 0 Å². The topological polar surface area (TPSA) is 12.4 Å². The average Bonchev–Trinajstić information content (AvgIpc) is 2.62. The van der Waals surface area contributed by atoms with Crippen LogP contribution in [-0.2, 0) is 0 Å². The van der Waals surface area contributed by atoms with Gasteiger partial charge in [0.2, 0.25) is 0 Å². The van der Waals surface area contributed by atoms with Gasteiger partial charge in [0.05, 0.1) is 0 Å². The van der Waals surface area contributed by atoms with Crippen LogP contribution in [0.4, 0.5) is 0 Å². The Morgan fingerprint density at radius 1 is 1.38 bits per heavy atom. The van der Waals surface area contributed by atoms with Gasteiger partial charge in [0.25, 0.3) is 0 Å². The maximum absolute atomic E-state index is 4.49. The van der Waals surface area contributed by atoms with Gasteiger partial charge in [0, 0.05) is 15.8 Å². The lowest BCUT2D eigenvalue weighted by molar-refractivity contribution is 0.951. The van der Waals surface area contributed by atoms with Crippen molar-refractivity contribution in [3.8, 4) is 0 Å². The molecule has 0 amide bonds. The summed E-state index contributed by atoms with van der Waals surface area (Å²) in [6.07, 6.45) is 2.37. The van der Waals surface area contributed by atoms with E-state index in [-0.39, 0.29) is 0 Å². The Kier molecular flexibility index (Phi) is 2.67. The lowest BCUT2D eigenvalue weighted by Crippen LogP contribution is -1.96. The highest BCUT2D eigenvalue weighted by atomic mass is 127. The predicted octanol–water partition coefficient (Wildman–Crippen LogP) is 3.18. The molecular weight excluding hydrogens is 273 g/mol. The van der Waals surface area contributed by atoms with Gasteiger partial charge >= 0.3 is 0 Å². The van der Waals surface area contributed by atoms with Crippen LogP contribution < -0.4 is 0 Å². The van der Waals surface area contributed by atoms with Gasteiger partial charge < -0.3 is 0 Å². The molecule has 0 atom stereocenters. The number of rotatable bonds is 1. The van der Waals surface area contributed by atoms with Crippen LogP contribution in [0.2, 0.25) is 0 Å². The van der Waals surface area contributed by atoms with Crippen LogP contribution in [0.3, 0.4) is 0 Å². The molecule has 1 heterocycles. The van der Waals surface area contributed by atoms with Crippen LogP contribution in [-0.4, -0.2) is 12.3 Å². The first-order valence-corrected chi connectivity index (χ1v) is 5.65. The minimum atomic E-state index is 1.01. The lowest BCUT2D eigenvalue weighted by Gasteiger charge is -2.03. The van der Waals surface area contributed by atoms with Crippen molar-refractivity contribution in [1.82, 2.24) is 0 Å². The van der Waals surface area contributed by atoms with Crippen LogP contribution in [0, 0.1) is 10.5 Å². The monoisotopic (exact) mass is 285 g/mol. The zero-order chi connectivity index (χ0) is 9.26. The molecule has 1 nitrogen and oxygen atoms in total. The van der Waals surface area contributed by atoms with E-state index in [2.05, 4.69) is 52.7 Å². The summed E-state index contributed by atoms with van der Waals surface area (Å²) in [5, 5.41) is 0. The molecule has 1 aliphatic heterocycles. The van der Waals surface area contributed by atoms with E-state index in [0.717, 1.165) is 13.0 Å². The Balaban J connectivity index is 2.36. The van der Waals surface area contributed by atoms with Gasteiger partial charge in [0.15, 0.2) is 0 Å². The quantitative estimate of drug-likeness (QED) is 0.703. The summed E-state index contributed by atoms with van der Waals surface area (Å²) in [6.45, 7) is 3.15. The number of halogens is 1. The van der Waals surface area contributed by atoms with Crippen LogP contribution in [0.25, 0.3) is 0 Å². The number of benzene rings is 1. The molecule has 0 saturated carbocycles. The summed E-state index contributed by atoms with van der Waals surface area (Å²) in [5.41, 5.74) is 3.95. The van der Waals surface area contributed by atoms with Crippen molar-refractivity contribution < 1.29 is 0 Å². The van der Waals surface area contributed by atoms with Crippen molar-refractivity contribution in [2.45, 2.75) is 19.8 Å². The maximum atomic E-state index is 4.49. The van der Waals surface area contributed by atoms with E-state index < -0.39 is 0 Å². The first kappa shape index (κ1) is 9.19. The molecule has 68 valence electrons. The molecule has 0 saturated heterocycles. The molecule has 0 unspecified atom stereocenters. The van der Waals surface area contributed by atoms with E-state index in [9.17, 15) is 0 Å². The summed E-state index contributed by atoms with van der Waals surface area (Å²) >= 11 is 2.38. The summed E-state index contributed by atoms with van der Waals surface area (Å²) in [5.74, 6) is 0. The van der Waals surface area contributed by atoms with Crippen molar-refractivity contribution in [2.24, 2.45) is 4.99 Å². The molecule has 0 aromatic heterocycles. The Hall–Kier alpha value is -0.380. The number of hydrogen-bond donors (Lipinski definition) is 0. The third kappa shape index (κ3) is 1.93. The smallest absolute Gasteiger partial charge is 0.0421 e. The van der Waals surface area contributed by atoms with Crippen LogP contribution in [0.1, 0.15) is 24.0 Å².